The van der Waals surface area contributed by atoms with Crippen LogP contribution in [0.15, 0.2) is 24.3 Å². The molecule has 0 aliphatic rings. The molecule has 102 valence electrons. The lowest BCUT2D eigenvalue weighted by molar-refractivity contribution is 0.199. The quantitative estimate of drug-likeness (QED) is 0.849. The van der Waals surface area contributed by atoms with Crippen LogP contribution in [0.1, 0.15) is 13.8 Å². The first-order valence-electron chi connectivity index (χ1n) is 5.49. The second-order valence-electron chi connectivity index (χ2n) is 4.94. The van der Waals surface area contributed by atoms with Crippen molar-refractivity contribution in [1.82, 2.24) is 0 Å². The Hall–Kier alpha value is -1.27. The van der Waals surface area contributed by atoms with Crippen LogP contribution in [0.5, 0.6) is 11.5 Å². The molecule has 0 aliphatic carbocycles. The molecule has 0 spiro atoms. The Morgan fingerprint density at radius 2 is 1.89 bits per heavy atom. The van der Waals surface area contributed by atoms with Gasteiger partial charge >= 0.3 is 0 Å². The van der Waals surface area contributed by atoms with E-state index in [-0.39, 0.29) is 12.4 Å². The molecule has 0 atom stereocenters. The summed E-state index contributed by atoms with van der Waals surface area (Å²) in [6.07, 6.45) is 0. The first-order valence-corrected chi connectivity index (χ1v) is 7.21. The third-order valence-electron chi connectivity index (χ3n) is 2.26. The minimum atomic E-state index is -3.50. The van der Waals surface area contributed by atoms with Crippen molar-refractivity contribution in [2.75, 3.05) is 19.5 Å². The molecule has 0 bridgehead atoms. The van der Waals surface area contributed by atoms with E-state index in [4.69, 9.17) is 14.6 Å². The van der Waals surface area contributed by atoms with Crippen LogP contribution in [0.3, 0.4) is 0 Å². The van der Waals surface area contributed by atoms with Crippen molar-refractivity contribution in [3.8, 4) is 11.5 Å². The van der Waals surface area contributed by atoms with Crippen LogP contribution in [0.25, 0.3) is 0 Å². The van der Waals surface area contributed by atoms with E-state index in [1.54, 1.807) is 39.2 Å². The van der Waals surface area contributed by atoms with Crippen molar-refractivity contribution in [2.45, 2.75) is 13.8 Å². The number of benzene rings is 1. The molecule has 0 fully saturated rings. The SMILES string of the molecule is COc1cccc(OCC(C)(C)CS(N)(=O)=O)c1. The standard InChI is InChI=1S/C12H19NO4S/c1-12(2,9-18(13,14)15)8-17-11-6-4-5-10(7-11)16-3/h4-7H,8-9H2,1-3H3,(H2,13,14,15). The molecule has 0 saturated carbocycles. The van der Waals surface area contributed by atoms with E-state index in [9.17, 15) is 8.42 Å². The number of hydrogen-bond acceptors (Lipinski definition) is 4. The smallest absolute Gasteiger partial charge is 0.209 e. The summed E-state index contributed by atoms with van der Waals surface area (Å²) < 4.78 is 32.8. The van der Waals surface area contributed by atoms with Crippen molar-refractivity contribution in [3.05, 3.63) is 24.3 Å². The summed E-state index contributed by atoms with van der Waals surface area (Å²) in [5, 5.41) is 5.03. The normalized spacial score (nSPS) is 12.2. The Morgan fingerprint density at radius 3 is 2.44 bits per heavy atom. The number of sulfonamides is 1. The minimum Gasteiger partial charge on any atom is -0.497 e. The number of methoxy groups -OCH3 is 1. The molecule has 0 heterocycles. The first kappa shape index (κ1) is 14.8. The van der Waals surface area contributed by atoms with Crippen molar-refractivity contribution < 1.29 is 17.9 Å². The van der Waals surface area contributed by atoms with E-state index in [1.807, 2.05) is 6.07 Å². The fourth-order valence-electron chi connectivity index (χ4n) is 1.56. The molecular weight excluding hydrogens is 254 g/mol. The van der Waals surface area contributed by atoms with Gasteiger partial charge < -0.3 is 9.47 Å². The fraction of sp³-hybridized carbons (Fsp3) is 0.500. The predicted octanol–water partition coefficient (Wildman–Crippen LogP) is 1.39. The second-order valence-corrected chi connectivity index (χ2v) is 6.55. The van der Waals surface area contributed by atoms with E-state index in [0.29, 0.717) is 11.5 Å². The maximum Gasteiger partial charge on any atom is 0.209 e. The third-order valence-corrected chi connectivity index (χ3v) is 3.45. The molecule has 1 aromatic rings. The van der Waals surface area contributed by atoms with Gasteiger partial charge in [-0.1, -0.05) is 19.9 Å². The van der Waals surface area contributed by atoms with Gasteiger partial charge in [0.05, 0.1) is 19.5 Å². The molecule has 6 heteroatoms. The van der Waals surface area contributed by atoms with Gasteiger partial charge in [0.25, 0.3) is 0 Å². The van der Waals surface area contributed by atoms with Gasteiger partial charge in [-0.15, -0.1) is 0 Å². The molecule has 0 amide bonds. The Bertz CT molecular complexity index is 497. The summed E-state index contributed by atoms with van der Waals surface area (Å²) in [5.74, 6) is 1.21. The molecule has 0 saturated heterocycles. The van der Waals surface area contributed by atoms with E-state index in [1.165, 1.54) is 0 Å². The zero-order valence-corrected chi connectivity index (χ0v) is 11.7. The topological polar surface area (TPSA) is 78.6 Å². The van der Waals surface area contributed by atoms with Gasteiger partial charge in [-0.25, -0.2) is 13.6 Å². The highest BCUT2D eigenvalue weighted by Crippen LogP contribution is 2.23. The van der Waals surface area contributed by atoms with Crippen molar-refractivity contribution >= 4 is 10.0 Å². The maximum absolute atomic E-state index is 11.1. The highest BCUT2D eigenvalue weighted by atomic mass is 32.2. The lowest BCUT2D eigenvalue weighted by Gasteiger charge is -2.23. The lowest BCUT2D eigenvalue weighted by Crippen LogP contribution is -2.33. The van der Waals surface area contributed by atoms with Gasteiger partial charge in [-0.05, 0) is 12.1 Å². The molecule has 0 aliphatic heterocycles. The number of rotatable bonds is 6. The second kappa shape index (κ2) is 5.58. The molecule has 2 N–H and O–H groups in total. The highest BCUT2D eigenvalue weighted by molar-refractivity contribution is 7.89. The summed E-state index contributed by atoms with van der Waals surface area (Å²) in [7, 11) is -1.93. The van der Waals surface area contributed by atoms with Crippen molar-refractivity contribution in [1.29, 1.82) is 0 Å². The molecule has 18 heavy (non-hydrogen) atoms. The summed E-state index contributed by atoms with van der Waals surface area (Å²) in [6.45, 7) is 3.84. The van der Waals surface area contributed by atoms with Crippen LogP contribution >= 0.6 is 0 Å². The Morgan fingerprint density at radius 1 is 1.28 bits per heavy atom. The number of primary sulfonamides is 1. The van der Waals surface area contributed by atoms with E-state index in [2.05, 4.69) is 0 Å². The number of ether oxygens (including phenoxy) is 2. The largest absolute Gasteiger partial charge is 0.497 e. The minimum absolute atomic E-state index is 0.121. The van der Waals surface area contributed by atoms with Gasteiger partial charge in [0, 0.05) is 11.5 Å². The molecule has 1 aromatic carbocycles. The monoisotopic (exact) mass is 273 g/mol. The van der Waals surface area contributed by atoms with Gasteiger partial charge in [-0.3, -0.25) is 0 Å². The zero-order chi connectivity index (χ0) is 13.8. The molecule has 1 rings (SSSR count). The van der Waals surface area contributed by atoms with Crippen LogP contribution < -0.4 is 14.6 Å². The Kier molecular flexibility index (Phi) is 4.59. The summed E-state index contributed by atoms with van der Waals surface area (Å²) in [6, 6.07) is 7.14. The molecule has 5 nitrogen and oxygen atoms in total. The van der Waals surface area contributed by atoms with Crippen LogP contribution in [-0.4, -0.2) is 27.9 Å². The molecule has 0 unspecified atom stereocenters. The first-order chi connectivity index (χ1) is 8.22. The molecular formula is C12H19NO4S. The van der Waals surface area contributed by atoms with Crippen molar-refractivity contribution in [3.63, 3.8) is 0 Å². The summed E-state index contributed by atoms with van der Waals surface area (Å²) in [4.78, 5) is 0. The molecule has 0 aromatic heterocycles. The van der Waals surface area contributed by atoms with E-state index in [0.717, 1.165) is 0 Å². The maximum atomic E-state index is 11.1. The Balaban J connectivity index is 2.63. The van der Waals surface area contributed by atoms with Crippen LogP contribution in [0, 0.1) is 5.41 Å². The third kappa shape index (κ3) is 5.37. The average molecular weight is 273 g/mol. The highest BCUT2D eigenvalue weighted by Gasteiger charge is 2.25. The van der Waals surface area contributed by atoms with Gasteiger partial charge in [0.15, 0.2) is 0 Å². The average Bonchev–Trinajstić information content (AvgIpc) is 2.24. The summed E-state index contributed by atoms with van der Waals surface area (Å²) >= 11 is 0. The predicted molar refractivity (Wildman–Crippen MR) is 70.2 cm³/mol. The van der Waals surface area contributed by atoms with E-state index < -0.39 is 15.4 Å². The number of nitrogens with two attached hydrogens (primary N) is 1. The molecule has 0 radical (unpaired) electrons. The van der Waals surface area contributed by atoms with E-state index >= 15 is 0 Å². The van der Waals surface area contributed by atoms with Gasteiger partial charge in [0.1, 0.15) is 11.5 Å². The summed E-state index contributed by atoms with van der Waals surface area (Å²) in [5.41, 5.74) is -0.545. The number of hydrogen-bond donors (Lipinski definition) is 1. The van der Waals surface area contributed by atoms with Gasteiger partial charge in [0.2, 0.25) is 10.0 Å². The van der Waals surface area contributed by atoms with Gasteiger partial charge in [-0.2, -0.15) is 0 Å². The Labute approximate surface area is 108 Å². The fourth-order valence-corrected chi connectivity index (χ4v) is 2.73. The van der Waals surface area contributed by atoms with Crippen LogP contribution in [-0.2, 0) is 10.0 Å². The zero-order valence-electron chi connectivity index (χ0n) is 10.8. The van der Waals surface area contributed by atoms with Crippen molar-refractivity contribution in [2.24, 2.45) is 10.6 Å². The van der Waals surface area contributed by atoms with Crippen LogP contribution in [0.2, 0.25) is 0 Å². The van der Waals surface area contributed by atoms with Crippen LogP contribution in [0.4, 0.5) is 0 Å². The lowest BCUT2D eigenvalue weighted by atomic mass is 9.98.